The highest BCUT2D eigenvalue weighted by Crippen LogP contribution is 2.28. The van der Waals surface area contributed by atoms with E-state index >= 15 is 0 Å². The van der Waals surface area contributed by atoms with Gasteiger partial charge in [0, 0.05) is 24.7 Å². The van der Waals surface area contributed by atoms with E-state index in [1.165, 1.54) is 28.6 Å². The van der Waals surface area contributed by atoms with Gasteiger partial charge in [-0.05, 0) is 37.1 Å². The second kappa shape index (κ2) is 8.24. The first-order valence-electron chi connectivity index (χ1n) is 8.62. The standard InChI is InChI=1S/C19H19F2NO5S/c1-26-19(23)18(27-17-9-6-14(20)12-16(17)21)13-4-7-15(8-5-13)28(24,25)22-10-2-3-11-22/h4-9,12,18H,2-3,10-11H2,1H3. The van der Waals surface area contributed by atoms with E-state index < -0.39 is 33.7 Å². The molecule has 0 bridgehead atoms. The van der Waals surface area contributed by atoms with Crippen molar-refractivity contribution in [2.24, 2.45) is 0 Å². The molecule has 1 aliphatic rings. The Kier molecular flexibility index (Phi) is 5.95. The van der Waals surface area contributed by atoms with Crippen molar-refractivity contribution in [1.29, 1.82) is 0 Å². The van der Waals surface area contributed by atoms with Crippen LogP contribution in [0.5, 0.6) is 5.75 Å². The van der Waals surface area contributed by atoms with Crippen LogP contribution in [0.2, 0.25) is 0 Å². The van der Waals surface area contributed by atoms with Gasteiger partial charge in [0.05, 0.1) is 12.0 Å². The van der Waals surface area contributed by atoms with Gasteiger partial charge in [0.2, 0.25) is 16.1 Å². The van der Waals surface area contributed by atoms with E-state index in [1.54, 1.807) is 0 Å². The predicted molar refractivity (Wildman–Crippen MR) is 96.2 cm³/mol. The summed E-state index contributed by atoms with van der Waals surface area (Å²) < 4.78 is 63.6. The Balaban J connectivity index is 1.88. The topological polar surface area (TPSA) is 72.9 Å². The number of esters is 1. The quantitative estimate of drug-likeness (QED) is 0.684. The smallest absolute Gasteiger partial charge is 0.351 e. The van der Waals surface area contributed by atoms with E-state index in [-0.39, 0.29) is 16.2 Å². The number of carbonyl (C=O) groups is 1. The van der Waals surface area contributed by atoms with Crippen LogP contribution >= 0.6 is 0 Å². The molecule has 0 aliphatic carbocycles. The Bertz CT molecular complexity index is 957. The van der Waals surface area contributed by atoms with Gasteiger partial charge in [-0.15, -0.1) is 0 Å². The van der Waals surface area contributed by atoms with Crippen molar-refractivity contribution in [3.63, 3.8) is 0 Å². The Labute approximate surface area is 161 Å². The summed E-state index contributed by atoms with van der Waals surface area (Å²) in [6.07, 6.45) is 0.297. The van der Waals surface area contributed by atoms with Crippen LogP contribution in [0.1, 0.15) is 24.5 Å². The van der Waals surface area contributed by atoms with Crippen LogP contribution in [0, 0.1) is 11.6 Å². The maximum absolute atomic E-state index is 13.9. The largest absolute Gasteiger partial charge is 0.471 e. The zero-order chi connectivity index (χ0) is 20.3. The van der Waals surface area contributed by atoms with Crippen LogP contribution in [0.25, 0.3) is 0 Å². The summed E-state index contributed by atoms with van der Waals surface area (Å²) in [4.78, 5) is 12.2. The van der Waals surface area contributed by atoms with Gasteiger partial charge in [-0.1, -0.05) is 12.1 Å². The number of benzene rings is 2. The Morgan fingerprint density at radius 2 is 1.71 bits per heavy atom. The molecule has 0 amide bonds. The van der Waals surface area contributed by atoms with Gasteiger partial charge in [-0.3, -0.25) is 0 Å². The third-order valence-corrected chi connectivity index (χ3v) is 6.35. The zero-order valence-corrected chi connectivity index (χ0v) is 15.9. The van der Waals surface area contributed by atoms with E-state index in [0.717, 1.165) is 32.1 Å². The number of nitrogens with zero attached hydrogens (tertiary/aromatic N) is 1. The molecule has 1 fully saturated rings. The normalized spacial score (nSPS) is 16.0. The molecule has 0 radical (unpaired) electrons. The molecule has 0 spiro atoms. The third kappa shape index (κ3) is 4.15. The first kappa shape index (κ1) is 20.2. The molecule has 28 heavy (non-hydrogen) atoms. The van der Waals surface area contributed by atoms with Gasteiger partial charge in [0.15, 0.2) is 11.6 Å². The first-order valence-corrected chi connectivity index (χ1v) is 10.1. The molecule has 6 nitrogen and oxygen atoms in total. The van der Waals surface area contributed by atoms with Gasteiger partial charge in [0.1, 0.15) is 5.82 Å². The van der Waals surface area contributed by atoms with E-state index in [1.807, 2.05) is 0 Å². The van der Waals surface area contributed by atoms with Crippen molar-refractivity contribution in [1.82, 2.24) is 4.31 Å². The molecule has 0 saturated carbocycles. The van der Waals surface area contributed by atoms with Crippen molar-refractivity contribution in [2.75, 3.05) is 20.2 Å². The third-order valence-electron chi connectivity index (χ3n) is 4.44. The zero-order valence-electron chi connectivity index (χ0n) is 15.1. The lowest BCUT2D eigenvalue weighted by molar-refractivity contribution is -0.149. The van der Waals surface area contributed by atoms with Gasteiger partial charge in [-0.2, -0.15) is 4.31 Å². The van der Waals surface area contributed by atoms with Gasteiger partial charge < -0.3 is 9.47 Å². The lowest BCUT2D eigenvalue weighted by Crippen LogP contribution is -2.28. The summed E-state index contributed by atoms with van der Waals surface area (Å²) in [6.45, 7) is 0.948. The van der Waals surface area contributed by atoms with Crippen molar-refractivity contribution in [3.8, 4) is 5.75 Å². The van der Waals surface area contributed by atoms with Crippen molar-refractivity contribution >= 4 is 16.0 Å². The molecule has 1 aliphatic heterocycles. The van der Waals surface area contributed by atoms with Crippen LogP contribution in [0.4, 0.5) is 8.78 Å². The van der Waals surface area contributed by atoms with Gasteiger partial charge >= 0.3 is 5.97 Å². The van der Waals surface area contributed by atoms with Crippen molar-refractivity contribution in [3.05, 3.63) is 59.7 Å². The summed E-state index contributed by atoms with van der Waals surface area (Å²) in [5, 5.41) is 0. The molecular weight excluding hydrogens is 392 g/mol. The number of methoxy groups -OCH3 is 1. The molecular formula is C19H19F2NO5S. The summed E-state index contributed by atoms with van der Waals surface area (Å²) in [5.41, 5.74) is 0.274. The number of ether oxygens (including phenoxy) is 2. The molecule has 1 saturated heterocycles. The van der Waals surface area contributed by atoms with E-state index in [4.69, 9.17) is 9.47 Å². The second-order valence-electron chi connectivity index (χ2n) is 6.28. The van der Waals surface area contributed by atoms with Crippen molar-refractivity contribution < 1.29 is 31.5 Å². The minimum Gasteiger partial charge on any atom is -0.471 e. The van der Waals surface area contributed by atoms with Gasteiger partial charge in [-0.25, -0.2) is 22.0 Å². The van der Waals surface area contributed by atoms with E-state index in [0.29, 0.717) is 19.2 Å². The average molecular weight is 411 g/mol. The minimum absolute atomic E-state index is 0.0923. The number of rotatable bonds is 6. The van der Waals surface area contributed by atoms with Crippen LogP contribution in [0.15, 0.2) is 47.4 Å². The Morgan fingerprint density at radius 1 is 1.07 bits per heavy atom. The van der Waals surface area contributed by atoms with Crippen LogP contribution < -0.4 is 4.74 Å². The Morgan fingerprint density at radius 3 is 2.29 bits per heavy atom. The highest BCUT2D eigenvalue weighted by molar-refractivity contribution is 7.89. The minimum atomic E-state index is -3.60. The molecule has 1 unspecified atom stereocenters. The summed E-state index contributed by atoms with van der Waals surface area (Å²) in [6, 6.07) is 8.24. The molecule has 2 aromatic carbocycles. The Hall–Kier alpha value is -2.52. The monoisotopic (exact) mass is 411 g/mol. The van der Waals surface area contributed by atoms with Crippen LogP contribution in [-0.4, -0.2) is 38.9 Å². The van der Waals surface area contributed by atoms with Crippen molar-refractivity contribution in [2.45, 2.75) is 23.8 Å². The number of hydrogen-bond donors (Lipinski definition) is 0. The number of halogens is 2. The fourth-order valence-electron chi connectivity index (χ4n) is 2.95. The molecule has 3 rings (SSSR count). The lowest BCUT2D eigenvalue weighted by atomic mass is 10.1. The maximum Gasteiger partial charge on any atom is 0.351 e. The molecule has 1 atom stereocenters. The molecule has 0 N–H and O–H groups in total. The van der Waals surface area contributed by atoms with E-state index in [2.05, 4.69) is 0 Å². The molecule has 150 valence electrons. The summed E-state index contributed by atoms with van der Waals surface area (Å²) >= 11 is 0. The maximum atomic E-state index is 13.9. The molecule has 0 aromatic heterocycles. The number of hydrogen-bond acceptors (Lipinski definition) is 5. The van der Waals surface area contributed by atoms with Crippen LogP contribution in [0.3, 0.4) is 0 Å². The fraction of sp³-hybridized carbons (Fsp3) is 0.316. The second-order valence-corrected chi connectivity index (χ2v) is 8.21. The molecule has 9 heteroatoms. The first-order chi connectivity index (χ1) is 13.3. The van der Waals surface area contributed by atoms with E-state index in [9.17, 15) is 22.0 Å². The van der Waals surface area contributed by atoms with Crippen LogP contribution in [-0.2, 0) is 19.6 Å². The molecule has 2 aromatic rings. The fourth-order valence-corrected chi connectivity index (χ4v) is 4.47. The predicted octanol–water partition coefficient (Wildman–Crippen LogP) is 3.04. The highest BCUT2D eigenvalue weighted by Gasteiger charge is 2.29. The molecule has 1 heterocycles. The summed E-state index contributed by atoms with van der Waals surface area (Å²) in [7, 11) is -2.46. The number of carbonyl (C=O) groups excluding carboxylic acids is 1. The average Bonchev–Trinajstić information content (AvgIpc) is 3.23. The van der Waals surface area contributed by atoms with Gasteiger partial charge in [0.25, 0.3) is 0 Å². The number of sulfonamides is 1. The highest BCUT2D eigenvalue weighted by atomic mass is 32.2. The lowest BCUT2D eigenvalue weighted by Gasteiger charge is -2.19. The summed E-state index contributed by atoms with van der Waals surface area (Å²) in [5.74, 6) is -2.89. The SMILES string of the molecule is COC(=O)C(Oc1ccc(F)cc1F)c1ccc(S(=O)(=O)N2CCCC2)cc1.